The monoisotopic (exact) mass is 545 g/mol. The van der Waals surface area contributed by atoms with Gasteiger partial charge in [0, 0.05) is 0 Å². The molecule has 15 nitrogen and oxygen atoms in total. The Morgan fingerprint density at radius 2 is 1.78 bits per heavy atom. The molecular weight excluding hydrogens is 513 g/mol. The van der Waals surface area contributed by atoms with E-state index in [0.717, 1.165) is 6.33 Å². The Morgan fingerprint density at radius 3 is 2.35 bits per heavy atom. The summed E-state index contributed by atoms with van der Waals surface area (Å²) in [6.07, 6.45) is -3.61. The second-order valence-electron chi connectivity index (χ2n) is 9.69. The van der Waals surface area contributed by atoms with Crippen molar-refractivity contribution in [3.05, 3.63) is 24.2 Å². The molecule has 0 amide bonds. The molecule has 0 aliphatic carbocycles. The summed E-state index contributed by atoms with van der Waals surface area (Å²) in [6, 6.07) is 2.97. The molecule has 0 saturated carbocycles. The number of fused-ring (bicyclic) bond motifs is 1. The predicted molar refractivity (Wildman–Crippen MR) is 127 cm³/mol. The number of ether oxygens (including phenoxy) is 3. The first-order valence-electron chi connectivity index (χ1n) is 11.0. The van der Waals surface area contributed by atoms with Crippen LogP contribution in [0.15, 0.2) is 18.5 Å². The average Bonchev–Trinajstić information content (AvgIpc) is 3.18. The van der Waals surface area contributed by atoms with Crippen molar-refractivity contribution < 1.29 is 47.4 Å². The van der Waals surface area contributed by atoms with E-state index in [9.17, 15) is 19.6 Å². The number of aliphatic hydroxyl groups excluding tert-OH is 2. The second-order valence-corrected chi connectivity index (χ2v) is 11.2. The first-order valence-corrected chi connectivity index (χ1v) is 12.5. The van der Waals surface area contributed by atoms with Gasteiger partial charge in [0.2, 0.25) is 6.79 Å². The van der Waals surface area contributed by atoms with Crippen LogP contribution in [0.4, 0.5) is 10.6 Å². The van der Waals surface area contributed by atoms with E-state index in [-0.39, 0.29) is 11.5 Å². The van der Waals surface area contributed by atoms with Gasteiger partial charge in [0.25, 0.3) is 6.26 Å². The van der Waals surface area contributed by atoms with E-state index in [0.29, 0.717) is 5.52 Å². The summed E-state index contributed by atoms with van der Waals surface area (Å²) in [4.78, 5) is 15.9. The number of phosphoric acid groups is 1. The van der Waals surface area contributed by atoms with E-state index in [1.54, 1.807) is 41.5 Å². The smallest absolute Gasteiger partial charge is 0.430 e. The summed E-state index contributed by atoms with van der Waals surface area (Å²) in [5.74, 6) is 0.145. The van der Waals surface area contributed by atoms with Crippen molar-refractivity contribution in [2.45, 2.75) is 71.1 Å². The summed E-state index contributed by atoms with van der Waals surface area (Å²) in [5.41, 5.74) is 4.46. The summed E-state index contributed by atoms with van der Waals surface area (Å²) in [6.45, 7) is 8.27. The molecule has 0 aromatic carbocycles. The maximum atomic E-state index is 12.9. The van der Waals surface area contributed by atoms with Crippen LogP contribution in [0.2, 0.25) is 0 Å². The number of aromatic nitrogens is 3. The first-order chi connectivity index (χ1) is 17.1. The summed E-state index contributed by atoms with van der Waals surface area (Å²) < 4.78 is 44.4. The van der Waals surface area contributed by atoms with Gasteiger partial charge in [-0.3, -0.25) is 9.05 Å². The Bertz CT molecular complexity index is 1130. The summed E-state index contributed by atoms with van der Waals surface area (Å²) in [7, 11) is -4.14. The molecule has 2 aromatic heterocycles. The van der Waals surface area contributed by atoms with Gasteiger partial charge in [-0.2, -0.15) is 10.4 Å². The molecule has 0 spiro atoms. The lowest BCUT2D eigenvalue weighted by Gasteiger charge is -2.30. The zero-order valence-corrected chi connectivity index (χ0v) is 22.2. The van der Waals surface area contributed by atoms with E-state index in [2.05, 4.69) is 10.1 Å². The molecular formula is C21H32N5O10P. The van der Waals surface area contributed by atoms with Crippen LogP contribution in [0, 0.1) is 11.5 Å². The van der Waals surface area contributed by atoms with Crippen LogP contribution in [0.1, 0.15) is 53.3 Å². The van der Waals surface area contributed by atoms with Crippen molar-refractivity contribution in [3.8, 4) is 6.26 Å². The zero-order chi connectivity index (χ0) is 28.0. The number of nitriles is 1. The Kier molecular flexibility index (Phi) is 9.84. The topological polar surface area (TPSA) is 210 Å². The molecule has 2 heterocycles. The Morgan fingerprint density at radius 1 is 1.16 bits per heavy atom. The van der Waals surface area contributed by atoms with Crippen LogP contribution in [0.3, 0.4) is 0 Å². The largest absolute Gasteiger partial charge is 0.510 e. The van der Waals surface area contributed by atoms with Crippen LogP contribution < -0.4 is 5.73 Å². The summed E-state index contributed by atoms with van der Waals surface area (Å²) in [5, 5.41) is 34.1. The number of hydrogen-bond donors (Lipinski definition) is 3. The van der Waals surface area contributed by atoms with E-state index in [4.69, 9.17) is 38.8 Å². The van der Waals surface area contributed by atoms with Crippen molar-refractivity contribution in [3.63, 3.8) is 0 Å². The Balaban J connectivity index is 1.98. The van der Waals surface area contributed by atoms with Gasteiger partial charge in [0.1, 0.15) is 30.7 Å². The van der Waals surface area contributed by atoms with Gasteiger partial charge < -0.3 is 30.2 Å². The molecule has 16 heteroatoms. The molecule has 206 valence electrons. The molecule has 0 unspecified atom stereocenters. The molecule has 0 aliphatic heterocycles. The number of carbonyl (C=O) groups is 1. The Labute approximate surface area is 213 Å². The maximum Gasteiger partial charge on any atom is 0.510 e. The maximum absolute atomic E-state index is 12.9. The van der Waals surface area contributed by atoms with Gasteiger partial charge in [-0.15, -0.1) is 0 Å². The summed E-state index contributed by atoms with van der Waals surface area (Å²) >= 11 is 0. The number of carbonyl (C=O) groups excluding carboxylic acids is 1. The number of aliphatic hydroxyl groups is 2. The predicted octanol–water partition coefficient (Wildman–Crippen LogP) is 2.44. The van der Waals surface area contributed by atoms with Crippen molar-refractivity contribution in [2.75, 3.05) is 19.1 Å². The van der Waals surface area contributed by atoms with E-state index >= 15 is 0 Å². The SMILES string of the molecule is CC(C)(C)OP(=O)(OCOC(=O)OC[C@@H](OC#N)[C@@H](O)[C@@H](O)c1ccc2c(N)ncnn12)OC(C)(C)C. The number of phosphoric ester groups is 1. The van der Waals surface area contributed by atoms with Gasteiger partial charge in [-0.05, 0) is 53.7 Å². The minimum atomic E-state index is -4.14. The molecule has 0 aliphatic rings. The molecule has 2 aromatic rings. The number of hydrogen-bond acceptors (Lipinski definition) is 14. The van der Waals surface area contributed by atoms with Crippen molar-refractivity contribution in [1.82, 2.24) is 14.6 Å². The highest BCUT2D eigenvalue weighted by Crippen LogP contribution is 2.55. The highest BCUT2D eigenvalue weighted by atomic mass is 31.2. The minimum Gasteiger partial charge on any atom is -0.430 e. The highest BCUT2D eigenvalue weighted by Gasteiger charge is 2.38. The quantitative estimate of drug-likeness (QED) is 0.160. The molecule has 0 bridgehead atoms. The van der Waals surface area contributed by atoms with E-state index < -0.39 is 56.9 Å². The lowest BCUT2D eigenvalue weighted by molar-refractivity contribution is -0.0920. The van der Waals surface area contributed by atoms with Crippen LogP contribution in [-0.4, -0.2) is 67.8 Å². The van der Waals surface area contributed by atoms with Crippen molar-refractivity contribution in [2.24, 2.45) is 0 Å². The molecule has 0 fully saturated rings. The third-order valence-electron chi connectivity index (χ3n) is 4.25. The van der Waals surface area contributed by atoms with Gasteiger partial charge in [-0.25, -0.2) is 23.4 Å². The van der Waals surface area contributed by atoms with E-state index in [1.807, 2.05) is 0 Å². The fourth-order valence-corrected chi connectivity index (χ4v) is 4.58. The van der Waals surface area contributed by atoms with Gasteiger partial charge >= 0.3 is 14.0 Å². The molecule has 0 saturated heterocycles. The second kappa shape index (κ2) is 12.0. The normalized spacial score (nSPS) is 15.0. The standard InChI is InChI=1S/C21H32N5O10P/c1-20(2,3)35-37(30,36-21(4,5)6)34-12-33-19(29)31-9-15(32-10-22)17(28)16(27)13-7-8-14-18(23)24-11-25-26(13)14/h7-8,11,15-17,27-28H,9,12H2,1-6H3,(H2,23,24,25)/t15-,16+,17-/m1/s1. The third kappa shape index (κ3) is 9.12. The molecule has 0 radical (unpaired) electrons. The number of nitrogen functional groups attached to an aromatic ring is 1. The lowest BCUT2D eigenvalue weighted by Crippen LogP contribution is -2.38. The Hall–Kier alpha value is -2.99. The van der Waals surface area contributed by atoms with Crippen molar-refractivity contribution >= 4 is 25.3 Å². The van der Waals surface area contributed by atoms with Crippen LogP contribution >= 0.6 is 7.82 Å². The zero-order valence-electron chi connectivity index (χ0n) is 21.4. The minimum absolute atomic E-state index is 0.118. The van der Waals surface area contributed by atoms with Gasteiger partial charge in [0.05, 0.1) is 16.9 Å². The molecule has 2 rings (SSSR count). The lowest BCUT2D eigenvalue weighted by atomic mass is 10.1. The van der Waals surface area contributed by atoms with Gasteiger partial charge in [-0.1, -0.05) is 0 Å². The molecule has 4 N–H and O–H groups in total. The fraction of sp³-hybridized carbons (Fsp3) is 0.619. The number of rotatable bonds is 11. The molecule has 37 heavy (non-hydrogen) atoms. The molecule has 3 atom stereocenters. The van der Waals surface area contributed by atoms with Gasteiger partial charge in [0.15, 0.2) is 11.9 Å². The average molecular weight is 545 g/mol. The number of nitrogens with two attached hydrogens (primary N) is 1. The van der Waals surface area contributed by atoms with Crippen molar-refractivity contribution in [1.29, 1.82) is 5.26 Å². The fourth-order valence-electron chi connectivity index (χ4n) is 2.92. The van der Waals surface area contributed by atoms with Crippen LogP contribution in [0.5, 0.6) is 0 Å². The third-order valence-corrected chi connectivity index (χ3v) is 6.21. The number of anilines is 1. The van der Waals surface area contributed by atoms with E-state index in [1.165, 1.54) is 22.9 Å². The highest BCUT2D eigenvalue weighted by molar-refractivity contribution is 7.48. The number of nitrogens with zero attached hydrogens (tertiary/aromatic N) is 4. The van der Waals surface area contributed by atoms with Crippen LogP contribution in [-0.2, 0) is 32.3 Å². The van der Waals surface area contributed by atoms with Crippen LogP contribution in [0.25, 0.3) is 5.52 Å². The first kappa shape index (κ1) is 30.2.